The molecule has 0 saturated carbocycles. The fourth-order valence-electron chi connectivity index (χ4n) is 2.58. The summed E-state index contributed by atoms with van der Waals surface area (Å²) in [5, 5.41) is 5.00. The minimum absolute atomic E-state index is 0.0329. The van der Waals surface area contributed by atoms with Crippen molar-refractivity contribution in [2.75, 3.05) is 23.2 Å². The highest BCUT2D eigenvalue weighted by Crippen LogP contribution is 2.20. The quantitative estimate of drug-likeness (QED) is 0.467. The third kappa shape index (κ3) is 6.09. The molecule has 1 aromatic heterocycles. The van der Waals surface area contributed by atoms with Crippen LogP contribution in [-0.4, -0.2) is 33.4 Å². The van der Waals surface area contributed by atoms with Gasteiger partial charge in [-0.15, -0.1) is 0 Å². The molecule has 0 aliphatic rings. The van der Waals surface area contributed by atoms with Crippen molar-refractivity contribution in [3.63, 3.8) is 0 Å². The highest BCUT2D eigenvalue weighted by Gasteiger charge is 2.15. The lowest BCUT2D eigenvalue weighted by atomic mass is 10.3. The molecule has 0 saturated heterocycles. The van der Waals surface area contributed by atoms with Crippen molar-refractivity contribution in [3.8, 4) is 5.75 Å². The molecule has 2 amide bonds. The average molecular weight is 443 g/mol. The smallest absolute Gasteiger partial charge is 0.287 e. The fourth-order valence-corrected chi connectivity index (χ4v) is 3.64. The highest BCUT2D eigenvalue weighted by molar-refractivity contribution is 7.92. The summed E-state index contributed by atoms with van der Waals surface area (Å²) in [4.78, 5) is 23.8. The maximum atomic E-state index is 12.5. The van der Waals surface area contributed by atoms with Gasteiger partial charge < -0.3 is 19.8 Å². The summed E-state index contributed by atoms with van der Waals surface area (Å²) >= 11 is 0. The first-order valence-corrected chi connectivity index (χ1v) is 10.8. The zero-order valence-corrected chi connectivity index (χ0v) is 17.4. The van der Waals surface area contributed by atoms with Gasteiger partial charge in [0.2, 0.25) is 5.91 Å². The van der Waals surface area contributed by atoms with Gasteiger partial charge in [-0.1, -0.05) is 0 Å². The Morgan fingerprint density at radius 2 is 1.65 bits per heavy atom. The third-order valence-electron chi connectivity index (χ3n) is 4.02. The molecule has 0 unspecified atom stereocenters. The van der Waals surface area contributed by atoms with Crippen LogP contribution < -0.4 is 20.1 Å². The largest absolute Gasteiger partial charge is 0.494 e. The van der Waals surface area contributed by atoms with E-state index in [2.05, 4.69) is 15.4 Å². The van der Waals surface area contributed by atoms with Gasteiger partial charge in [0.25, 0.3) is 15.9 Å². The van der Waals surface area contributed by atoms with E-state index in [9.17, 15) is 18.0 Å². The maximum absolute atomic E-state index is 12.5. The van der Waals surface area contributed by atoms with Gasteiger partial charge in [-0.3, -0.25) is 14.3 Å². The van der Waals surface area contributed by atoms with Gasteiger partial charge in [-0.25, -0.2) is 8.42 Å². The van der Waals surface area contributed by atoms with E-state index in [1.807, 2.05) is 6.92 Å². The van der Waals surface area contributed by atoms with E-state index in [4.69, 9.17) is 9.15 Å². The van der Waals surface area contributed by atoms with Crippen LogP contribution in [-0.2, 0) is 14.8 Å². The Labute approximate surface area is 179 Å². The second-order valence-electron chi connectivity index (χ2n) is 6.30. The normalized spacial score (nSPS) is 10.9. The number of carbonyl (C=O) groups excluding carboxylic acids is 2. The topological polar surface area (TPSA) is 127 Å². The Morgan fingerprint density at radius 1 is 0.968 bits per heavy atom. The van der Waals surface area contributed by atoms with Crippen LogP contribution in [0.15, 0.2) is 76.2 Å². The van der Waals surface area contributed by atoms with Crippen molar-refractivity contribution < 1.29 is 27.2 Å². The number of amides is 2. The summed E-state index contributed by atoms with van der Waals surface area (Å²) in [7, 11) is -3.80. The maximum Gasteiger partial charge on any atom is 0.287 e. The molecule has 0 atom stereocenters. The Balaban J connectivity index is 1.55. The molecule has 0 aliphatic carbocycles. The first-order chi connectivity index (χ1) is 14.9. The van der Waals surface area contributed by atoms with E-state index >= 15 is 0 Å². The average Bonchev–Trinajstić information content (AvgIpc) is 3.29. The first-order valence-electron chi connectivity index (χ1n) is 9.34. The van der Waals surface area contributed by atoms with Crippen molar-refractivity contribution >= 4 is 33.2 Å². The zero-order valence-electron chi connectivity index (χ0n) is 16.6. The molecule has 31 heavy (non-hydrogen) atoms. The predicted octanol–water partition coefficient (Wildman–Crippen LogP) is 2.85. The summed E-state index contributed by atoms with van der Waals surface area (Å²) < 4.78 is 37.8. The SMILES string of the molecule is CCOc1ccc(NS(=O)(=O)c2ccc(NC(=O)CNC(=O)c3ccco3)cc2)cc1. The van der Waals surface area contributed by atoms with E-state index in [0.717, 1.165) is 0 Å². The summed E-state index contributed by atoms with van der Waals surface area (Å²) in [6, 6.07) is 15.3. The molecule has 2 aromatic carbocycles. The molecule has 1 heterocycles. The highest BCUT2D eigenvalue weighted by atomic mass is 32.2. The summed E-state index contributed by atoms with van der Waals surface area (Å²) in [5.41, 5.74) is 0.783. The van der Waals surface area contributed by atoms with E-state index in [0.29, 0.717) is 23.7 Å². The minimum Gasteiger partial charge on any atom is -0.494 e. The summed E-state index contributed by atoms with van der Waals surface area (Å²) in [5.74, 6) is -0.238. The number of carbonyl (C=O) groups is 2. The van der Waals surface area contributed by atoms with Gasteiger partial charge in [0, 0.05) is 11.4 Å². The number of anilines is 2. The van der Waals surface area contributed by atoms with Crippen molar-refractivity contribution in [1.82, 2.24) is 5.32 Å². The number of ether oxygens (including phenoxy) is 1. The number of hydrogen-bond donors (Lipinski definition) is 3. The van der Waals surface area contributed by atoms with Gasteiger partial charge in [-0.05, 0) is 67.6 Å². The van der Waals surface area contributed by atoms with Crippen LogP contribution in [0.4, 0.5) is 11.4 Å². The molecule has 0 fully saturated rings. The van der Waals surface area contributed by atoms with Gasteiger partial charge in [-0.2, -0.15) is 0 Å². The second-order valence-corrected chi connectivity index (χ2v) is 7.98. The predicted molar refractivity (Wildman–Crippen MR) is 115 cm³/mol. The second kappa shape index (κ2) is 9.81. The van der Waals surface area contributed by atoms with E-state index < -0.39 is 21.8 Å². The van der Waals surface area contributed by atoms with Crippen LogP contribution in [0, 0.1) is 0 Å². The molecule has 162 valence electrons. The first kappa shape index (κ1) is 21.9. The molecule has 3 rings (SSSR count). The van der Waals surface area contributed by atoms with Crippen LogP contribution in [0.5, 0.6) is 5.75 Å². The number of benzene rings is 2. The zero-order chi connectivity index (χ0) is 22.3. The van der Waals surface area contributed by atoms with E-state index in [1.165, 1.54) is 36.6 Å². The molecule has 10 heteroatoms. The minimum atomic E-state index is -3.80. The number of sulfonamides is 1. The Bertz CT molecular complexity index is 1120. The summed E-state index contributed by atoms with van der Waals surface area (Å²) in [6.07, 6.45) is 1.36. The van der Waals surface area contributed by atoms with Crippen LogP contribution in [0.3, 0.4) is 0 Å². The number of nitrogens with one attached hydrogen (secondary N) is 3. The van der Waals surface area contributed by atoms with Crippen molar-refractivity contribution in [3.05, 3.63) is 72.7 Å². The molecule has 3 aromatic rings. The number of rotatable bonds is 9. The van der Waals surface area contributed by atoms with Crippen molar-refractivity contribution in [2.45, 2.75) is 11.8 Å². The van der Waals surface area contributed by atoms with Crippen LogP contribution in [0.25, 0.3) is 0 Å². The Hall–Kier alpha value is -3.79. The van der Waals surface area contributed by atoms with Gasteiger partial charge >= 0.3 is 0 Å². The molecular weight excluding hydrogens is 422 g/mol. The third-order valence-corrected chi connectivity index (χ3v) is 5.42. The lowest BCUT2D eigenvalue weighted by molar-refractivity contribution is -0.115. The van der Waals surface area contributed by atoms with Crippen molar-refractivity contribution in [1.29, 1.82) is 0 Å². The van der Waals surface area contributed by atoms with Crippen LogP contribution in [0.2, 0.25) is 0 Å². The molecule has 9 nitrogen and oxygen atoms in total. The monoisotopic (exact) mass is 443 g/mol. The number of hydrogen-bond acceptors (Lipinski definition) is 6. The number of furan rings is 1. The molecule has 0 aliphatic heterocycles. The lowest BCUT2D eigenvalue weighted by Gasteiger charge is -2.10. The Morgan fingerprint density at radius 3 is 2.26 bits per heavy atom. The molecule has 3 N–H and O–H groups in total. The Kier molecular flexibility index (Phi) is 6.93. The van der Waals surface area contributed by atoms with Gasteiger partial charge in [0.1, 0.15) is 5.75 Å². The molecule has 0 radical (unpaired) electrons. The van der Waals surface area contributed by atoms with Crippen LogP contribution in [0.1, 0.15) is 17.5 Å². The standard InChI is InChI=1S/C21H21N3O6S/c1-2-29-17-9-5-16(6-10-17)24-31(27,28)18-11-7-15(8-12-18)23-20(25)14-22-21(26)19-4-3-13-30-19/h3-13,24H,2,14H2,1H3,(H,22,26)(H,23,25). The molecule has 0 spiro atoms. The van der Waals surface area contributed by atoms with Gasteiger partial charge in [0.15, 0.2) is 5.76 Å². The van der Waals surface area contributed by atoms with Gasteiger partial charge in [0.05, 0.1) is 24.3 Å². The van der Waals surface area contributed by atoms with Crippen molar-refractivity contribution in [2.24, 2.45) is 0 Å². The van der Waals surface area contributed by atoms with Crippen LogP contribution >= 0.6 is 0 Å². The summed E-state index contributed by atoms with van der Waals surface area (Å²) in [6.45, 7) is 2.11. The van der Waals surface area contributed by atoms with E-state index in [-0.39, 0.29) is 17.2 Å². The molecular formula is C21H21N3O6S. The fraction of sp³-hybridized carbons (Fsp3) is 0.143. The van der Waals surface area contributed by atoms with E-state index in [1.54, 1.807) is 30.3 Å². The molecule has 0 bridgehead atoms. The lowest BCUT2D eigenvalue weighted by Crippen LogP contribution is -2.32.